The summed E-state index contributed by atoms with van der Waals surface area (Å²) in [5, 5.41) is 6.24. The van der Waals surface area contributed by atoms with Gasteiger partial charge in [-0.3, -0.25) is 9.59 Å². The number of hydrogen-bond acceptors (Lipinski definition) is 3. The first-order valence-electron chi connectivity index (χ1n) is 8.62. The zero-order valence-electron chi connectivity index (χ0n) is 13.9. The highest BCUT2D eigenvalue weighted by Crippen LogP contribution is 2.18. The van der Waals surface area contributed by atoms with E-state index >= 15 is 0 Å². The fourth-order valence-corrected chi connectivity index (χ4v) is 3.35. The van der Waals surface area contributed by atoms with E-state index in [0.717, 1.165) is 51.9 Å². The summed E-state index contributed by atoms with van der Waals surface area (Å²) in [5.41, 5.74) is 1.37. The maximum atomic E-state index is 12.4. The van der Waals surface area contributed by atoms with Crippen molar-refractivity contribution in [2.24, 2.45) is 5.92 Å². The van der Waals surface area contributed by atoms with E-state index in [2.05, 4.69) is 10.6 Å². The highest BCUT2D eigenvalue weighted by molar-refractivity contribution is 5.97. The van der Waals surface area contributed by atoms with Crippen molar-refractivity contribution in [3.05, 3.63) is 29.8 Å². The summed E-state index contributed by atoms with van der Waals surface area (Å²) in [6, 6.07) is 7.28. The minimum atomic E-state index is 0. The molecule has 5 nitrogen and oxygen atoms in total. The van der Waals surface area contributed by atoms with Crippen molar-refractivity contribution in [1.82, 2.24) is 10.2 Å². The van der Waals surface area contributed by atoms with E-state index < -0.39 is 0 Å². The molecule has 2 N–H and O–H groups in total. The van der Waals surface area contributed by atoms with Crippen LogP contribution in [-0.4, -0.2) is 42.9 Å². The molecule has 0 spiro atoms. The highest BCUT2D eigenvalue weighted by Gasteiger charge is 2.20. The molecule has 1 aromatic carbocycles. The minimum absolute atomic E-state index is 0. The molecule has 1 aromatic rings. The van der Waals surface area contributed by atoms with E-state index in [9.17, 15) is 9.59 Å². The first-order chi connectivity index (χ1) is 11.2. The lowest BCUT2D eigenvalue weighted by Crippen LogP contribution is -2.27. The molecular formula is C18H26ClN3O2. The second kappa shape index (κ2) is 9.04. The Morgan fingerprint density at radius 1 is 1.25 bits per heavy atom. The predicted molar refractivity (Wildman–Crippen MR) is 97.7 cm³/mol. The van der Waals surface area contributed by atoms with Crippen molar-refractivity contribution >= 4 is 29.9 Å². The van der Waals surface area contributed by atoms with Crippen LogP contribution in [-0.2, 0) is 4.79 Å². The van der Waals surface area contributed by atoms with Gasteiger partial charge < -0.3 is 15.5 Å². The van der Waals surface area contributed by atoms with Crippen molar-refractivity contribution in [2.75, 3.05) is 31.5 Å². The summed E-state index contributed by atoms with van der Waals surface area (Å²) in [7, 11) is 0. The number of anilines is 1. The molecule has 6 heteroatoms. The van der Waals surface area contributed by atoms with Gasteiger partial charge in [0.05, 0.1) is 0 Å². The molecule has 0 aromatic heterocycles. The number of hydrogen-bond donors (Lipinski definition) is 2. The number of likely N-dealkylation sites (tertiary alicyclic amines) is 1. The van der Waals surface area contributed by atoms with Crippen LogP contribution in [0.1, 0.15) is 42.5 Å². The normalized spacial score (nSPS) is 19.8. The second-order valence-electron chi connectivity index (χ2n) is 6.53. The molecule has 2 heterocycles. The maximum Gasteiger partial charge on any atom is 0.253 e. The van der Waals surface area contributed by atoms with Crippen molar-refractivity contribution in [2.45, 2.75) is 32.1 Å². The number of nitrogens with one attached hydrogen (secondary N) is 2. The van der Waals surface area contributed by atoms with E-state index in [4.69, 9.17) is 0 Å². The number of carbonyl (C=O) groups is 2. The summed E-state index contributed by atoms with van der Waals surface area (Å²) in [4.78, 5) is 26.4. The fraction of sp³-hybridized carbons (Fsp3) is 0.556. The summed E-state index contributed by atoms with van der Waals surface area (Å²) in [5.74, 6) is 0.710. The Bertz CT molecular complexity index is 567. The average Bonchev–Trinajstić information content (AvgIpc) is 3.26. The molecule has 0 radical (unpaired) electrons. The van der Waals surface area contributed by atoms with Gasteiger partial charge in [-0.05, 0) is 62.9 Å². The highest BCUT2D eigenvalue weighted by atomic mass is 35.5. The Morgan fingerprint density at radius 3 is 2.75 bits per heavy atom. The van der Waals surface area contributed by atoms with E-state index in [0.29, 0.717) is 23.6 Å². The lowest BCUT2D eigenvalue weighted by molar-refractivity contribution is -0.116. The first kappa shape index (κ1) is 18.7. The lowest BCUT2D eigenvalue weighted by atomic mass is 10.0. The van der Waals surface area contributed by atoms with Gasteiger partial charge in [-0.25, -0.2) is 0 Å². The van der Waals surface area contributed by atoms with Crippen LogP contribution in [0.25, 0.3) is 0 Å². The zero-order chi connectivity index (χ0) is 16.1. The first-order valence-corrected chi connectivity index (χ1v) is 8.62. The third-order valence-corrected chi connectivity index (χ3v) is 4.73. The van der Waals surface area contributed by atoms with E-state index in [1.54, 1.807) is 6.07 Å². The standard InChI is InChI=1S/C18H25N3O2.ClH/c22-17(7-6-14-8-9-19-13-14)20-16-5-3-4-15(12-16)18(23)21-10-1-2-11-21;/h3-5,12,14,19H,1-2,6-11,13H2,(H,20,22);1H. The number of carbonyl (C=O) groups excluding carboxylic acids is 2. The molecule has 2 amide bonds. The SMILES string of the molecule is Cl.O=C(CCC1CCNC1)Nc1cccc(C(=O)N2CCCC2)c1. The molecular weight excluding hydrogens is 326 g/mol. The Hall–Kier alpha value is -1.59. The van der Waals surface area contributed by atoms with Crippen LogP contribution in [0, 0.1) is 5.92 Å². The zero-order valence-corrected chi connectivity index (χ0v) is 14.7. The van der Waals surface area contributed by atoms with E-state index in [-0.39, 0.29) is 24.2 Å². The van der Waals surface area contributed by atoms with Crippen LogP contribution in [0.3, 0.4) is 0 Å². The molecule has 0 bridgehead atoms. The molecule has 1 atom stereocenters. The maximum absolute atomic E-state index is 12.4. The van der Waals surface area contributed by atoms with Gasteiger partial charge in [-0.2, -0.15) is 0 Å². The molecule has 1 unspecified atom stereocenters. The fourth-order valence-electron chi connectivity index (χ4n) is 3.35. The molecule has 2 aliphatic rings. The van der Waals surface area contributed by atoms with Crippen LogP contribution in [0.5, 0.6) is 0 Å². The summed E-state index contributed by atoms with van der Waals surface area (Å²) < 4.78 is 0. The van der Waals surface area contributed by atoms with Gasteiger partial charge in [-0.15, -0.1) is 12.4 Å². The van der Waals surface area contributed by atoms with E-state index in [1.807, 2.05) is 23.1 Å². The van der Waals surface area contributed by atoms with Gasteiger partial charge in [0, 0.05) is 30.8 Å². The summed E-state index contributed by atoms with van der Waals surface area (Å²) in [6.07, 6.45) is 4.78. The molecule has 2 fully saturated rings. The van der Waals surface area contributed by atoms with Crippen LogP contribution < -0.4 is 10.6 Å². The van der Waals surface area contributed by atoms with Gasteiger partial charge in [0.25, 0.3) is 5.91 Å². The topological polar surface area (TPSA) is 61.4 Å². The third kappa shape index (κ3) is 4.95. The predicted octanol–water partition coefficient (Wildman–Crippen LogP) is 2.67. The Morgan fingerprint density at radius 2 is 2.04 bits per heavy atom. The molecule has 3 rings (SSSR count). The minimum Gasteiger partial charge on any atom is -0.339 e. The Labute approximate surface area is 149 Å². The molecule has 0 saturated carbocycles. The van der Waals surface area contributed by atoms with Crippen LogP contribution in [0.15, 0.2) is 24.3 Å². The largest absolute Gasteiger partial charge is 0.339 e. The number of nitrogens with zero attached hydrogens (tertiary/aromatic N) is 1. The van der Waals surface area contributed by atoms with Crippen molar-refractivity contribution in [1.29, 1.82) is 0 Å². The quantitative estimate of drug-likeness (QED) is 0.857. The molecule has 132 valence electrons. The van der Waals surface area contributed by atoms with Crippen LogP contribution in [0.2, 0.25) is 0 Å². The van der Waals surface area contributed by atoms with Gasteiger partial charge in [0.2, 0.25) is 5.91 Å². The van der Waals surface area contributed by atoms with Crippen LogP contribution >= 0.6 is 12.4 Å². The number of benzene rings is 1. The van der Waals surface area contributed by atoms with Gasteiger partial charge in [0.15, 0.2) is 0 Å². The number of rotatable bonds is 5. The summed E-state index contributed by atoms with van der Waals surface area (Å²) in [6.45, 7) is 3.76. The Balaban J connectivity index is 0.00000208. The molecule has 2 aliphatic heterocycles. The average molecular weight is 352 g/mol. The van der Waals surface area contributed by atoms with E-state index in [1.165, 1.54) is 0 Å². The number of halogens is 1. The third-order valence-electron chi connectivity index (χ3n) is 4.73. The monoisotopic (exact) mass is 351 g/mol. The van der Waals surface area contributed by atoms with Crippen molar-refractivity contribution < 1.29 is 9.59 Å². The second-order valence-corrected chi connectivity index (χ2v) is 6.53. The van der Waals surface area contributed by atoms with Gasteiger partial charge in [0.1, 0.15) is 0 Å². The van der Waals surface area contributed by atoms with Crippen molar-refractivity contribution in [3.8, 4) is 0 Å². The van der Waals surface area contributed by atoms with Crippen LogP contribution in [0.4, 0.5) is 5.69 Å². The smallest absolute Gasteiger partial charge is 0.253 e. The molecule has 24 heavy (non-hydrogen) atoms. The summed E-state index contributed by atoms with van der Waals surface area (Å²) >= 11 is 0. The molecule has 0 aliphatic carbocycles. The Kier molecular flexibility index (Phi) is 7.06. The van der Waals surface area contributed by atoms with Gasteiger partial charge >= 0.3 is 0 Å². The van der Waals surface area contributed by atoms with Gasteiger partial charge in [-0.1, -0.05) is 6.07 Å². The molecule has 2 saturated heterocycles. The lowest BCUT2D eigenvalue weighted by Gasteiger charge is -2.16. The van der Waals surface area contributed by atoms with Crippen molar-refractivity contribution in [3.63, 3.8) is 0 Å². The number of amides is 2.